The first-order valence-corrected chi connectivity index (χ1v) is 7.33. The number of hydrogen-bond donors (Lipinski definition) is 1. The normalized spacial score (nSPS) is 17.8. The van der Waals surface area contributed by atoms with Gasteiger partial charge >= 0.3 is 0 Å². The van der Waals surface area contributed by atoms with E-state index in [0.717, 1.165) is 56.7 Å². The second-order valence-corrected chi connectivity index (χ2v) is 5.92. The molecule has 0 radical (unpaired) electrons. The van der Waals surface area contributed by atoms with Gasteiger partial charge in [0.2, 0.25) is 0 Å². The maximum absolute atomic E-state index is 10.0. The first kappa shape index (κ1) is 14.6. The van der Waals surface area contributed by atoms with Crippen LogP contribution >= 0.6 is 11.6 Å². The van der Waals surface area contributed by atoms with E-state index in [9.17, 15) is 5.11 Å². The summed E-state index contributed by atoms with van der Waals surface area (Å²) >= 11 is 6.04. The third kappa shape index (κ3) is 4.10. The molecule has 1 aliphatic rings. The highest BCUT2D eigenvalue weighted by molar-refractivity contribution is 6.30. The van der Waals surface area contributed by atoms with Crippen LogP contribution in [0, 0.1) is 6.92 Å². The minimum Gasteiger partial charge on any atom is -0.507 e. The molecule has 3 nitrogen and oxygen atoms in total. The van der Waals surface area contributed by atoms with Gasteiger partial charge in [-0.15, -0.1) is 0 Å². The zero-order valence-corrected chi connectivity index (χ0v) is 12.6. The Morgan fingerprint density at radius 1 is 1.21 bits per heavy atom. The Bertz CT molecular complexity index is 428. The molecule has 0 aliphatic carbocycles. The maximum atomic E-state index is 10.0. The van der Waals surface area contributed by atoms with Crippen LogP contribution in [0.2, 0.25) is 5.02 Å². The summed E-state index contributed by atoms with van der Waals surface area (Å²) in [5, 5.41) is 10.7. The molecule has 106 valence electrons. The lowest BCUT2D eigenvalue weighted by Crippen LogP contribution is -2.44. The minimum absolute atomic E-state index is 0.405. The Labute approximate surface area is 120 Å². The zero-order chi connectivity index (χ0) is 13.8. The van der Waals surface area contributed by atoms with E-state index in [1.165, 1.54) is 0 Å². The topological polar surface area (TPSA) is 26.7 Å². The number of piperazine rings is 1. The molecule has 1 aromatic carbocycles. The molecule has 0 saturated carbocycles. The summed E-state index contributed by atoms with van der Waals surface area (Å²) in [7, 11) is 2.17. The summed E-state index contributed by atoms with van der Waals surface area (Å²) in [5.74, 6) is 0.405. The highest BCUT2D eigenvalue weighted by Crippen LogP contribution is 2.27. The Hall–Kier alpha value is -0.770. The molecule has 0 atom stereocenters. The van der Waals surface area contributed by atoms with Gasteiger partial charge in [0.25, 0.3) is 0 Å². The maximum Gasteiger partial charge on any atom is 0.121 e. The van der Waals surface area contributed by atoms with E-state index in [4.69, 9.17) is 11.6 Å². The van der Waals surface area contributed by atoms with Gasteiger partial charge in [0.15, 0.2) is 0 Å². The molecule has 1 aromatic rings. The molecule has 0 bridgehead atoms. The first-order valence-electron chi connectivity index (χ1n) is 6.95. The van der Waals surface area contributed by atoms with Gasteiger partial charge in [-0.3, -0.25) is 0 Å². The second kappa shape index (κ2) is 6.60. The number of aromatic hydroxyl groups is 1. The Morgan fingerprint density at radius 2 is 1.89 bits per heavy atom. The van der Waals surface area contributed by atoms with Crippen molar-refractivity contribution in [3.63, 3.8) is 0 Å². The number of likely N-dealkylation sites (N-methyl/N-ethyl adjacent to an activating group) is 1. The van der Waals surface area contributed by atoms with Crippen molar-refractivity contribution in [3.05, 3.63) is 28.3 Å². The molecule has 0 spiro atoms. The highest BCUT2D eigenvalue weighted by Gasteiger charge is 2.13. The Balaban J connectivity index is 1.83. The van der Waals surface area contributed by atoms with E-state index in [1.807, 2.05) is 13.0 Å². The molecule has 0 amide bonds. The predicted molar refractivity (Wildman–Crippen MR) is 80.1 cm³/mol. The summed E-state index contributed by atoms with van der Waals surface area (Å²) < 4.78 is 0. The molecule has 1 aliphatic heterocycles. The van der Waals surface area contributed by atoms with Crippen LogP contribution in [0.25, 0.3) is 0 Å². The van der Waals surface area contributed by atoms with Gasteiger partial charge in [-0.05, 0) is 56.6 Å². The standard InChI is InChI=1S/C15H23ClN2O/c1-12-10-14(16)11-13(15(12)19)4-3-5-18-8-6-17(2)7-9-18/h10-11,19H,3-9H2,1-2H3. The van der Waals surface area contributed by atoms with Crippen LogP contribution in [0.4, 0.5) is 0 Å². The van der Waals surface area contributed by atoms with Gasteiger partial charge in [0.1, 0.15) is 5.75 Å². The average molecular weight is 283 g/mol. The van der Waals surface area contributed by atoms with Crippen molar-refractivity contribution in [1.29, 1.82) is 0 Å². The molecule has 0 unspecified atom stereocenters. The van der Waals surface area contributed by atoms with Crippen LogP contribution in [0.1, 0.15) is 17.5 Å². The van der Waals surface area contributed by atoms with Crippen LogP contribution in [0.3, 0.4) is 0 Å². The lowest BCUT2D eigenvalue weighted by Gasteiger charge is -2.32. The van der Waals surface area contributed by atoms with Crippen LogP contribution < -0.4 is 0 Å². The average Bonchev–Trinajstić information content (AvgIpc) is 2.37. The molecule has 0 aromatic heterocycles. The lowest BCUT2D eigenvalue weighted by molar-refractivity contribution is 0.153. The summed E-state index contributed by atoms with van der Waals surface area (Å²) in [6.45, 7) is 7.60. The van der Waals surface area contributed by atoms with Gasteiger partial charge in [0.05, 0.1) is 0 Å². The molecule has 1 heterocycles. The number of phenolic OH excluding ortho intramolecular Hbond substituents is 1. The van der Waals surface area contributed by atoms with Crippen molar-refractivity contribution in [2.24, 2.45) is 0 Å². The van der Waals surface area contributed by atoms with Crippen molar-refractivity contribution in [2.75, 3.05) is 39.8 Å². The van der Waals surface area contributed by atoms with E-state index >= 15 is 0 Å². The minimum atomic E-state index is 0.405. The van der Waals surface area contributed by atoms with Crippen LogP contribution in [-0.4, -0.2) is 54.7 Å². The largest absolute Gasteiger partial charge is 0.507 e. The lowest BCUT2D eigenvalue weighted by atomic mass is 10.0. The molecule has 4 heteroatoms. The Kier molecular flexibility index (Phi) is 5.08. The Morgan fingerprint density at radius 3 is 2.58 bits per heavy atom. The van der Waals surface area contributed by atoms with E-state index in [2.05, 4.69) is 16.8 Å². The predicted octanol–water partition coefficient (Wildman–Crippen LogP) is 2.53. The number of rotatable bonds is 4. The summed E-state index contributed by atoms with van der Waals surface area (Å²) in [6, 6.07) is 3.69. The van der Waals surface area contributed by atoms with Crippen molar-refractivity contribution in [1.82, 2.24) is 9.80 Å². The summed E-state index contributed by atoms with van der Waals surface area (Å²) in [4.78, 5) is 4.86. The number of benzene rings is 1. The smallest absolute Gasteiger partial charge is 0.121 e. The number of nitrogens with zero attached hydrogens (tertiary/aromatic N) is 2. The number of halogens is 1. The third-order valence-electron chi connectivity index (χ3n) is 3.86. The first-order chi connectivity index (χ1) is 9.06. The third-order valence-corrected chi connectivity index (χ3v) is 4.08. The molecular formula is C15H23ClN2O. The van der Waals surface area contributed by atoms with Crippen molar-refractivity contribution < 1.29 is 5.11 Å². The monoisotopic (exact) mass is 282 g/mol. The van der Waals surface area contributed by atoms with Crippen LogP contribution in [-0.2, 0) is 6.42 Å². The van der Waals surface area contributed by atoms with Gasteiger partial charge in [-0.1, -0.05) is 11.6 Å². The molecule has 1 fully saturated rings. The van der Waals surface area contributed by atoms with Crippen molar-refractivity contribution >= 4 is 11.6 Å². The summed E-state index contributed by atoms with van der Waals surface area (Å²) in [5.41, 5.74) is 1.83. The van der Waals surface area contributed by atoms with E-state index in [-0.39, 0.29) is 0 Å². The molecule has 1 saturated heterocycles. The number of hydrogen-bond acceptors (Lipinski definition) is 3. The fraction of sp³-hybridized carbons (Fsp3) is 0.600. The second-order valence-electron chi connectivity index (χ2n) is 5.48. The van der Waals surface area contributed by atoms with Gasteiger partial charge in [0, 0.05) is 31.2 Å². The van der Waals surface area contributed by atoms with Gasteiger partial charge in [-0.25, -0.2) is 0 Å². The fourth-order valence-electron chi connectivity index (χ4n) is 2.56. The molecule has 2 rings (SSSR count). The zero-order valence-electron chi connectivity index (χ0n) is 11.8. The van der Waals surface area contributed by atoms with E-state index in [0.29, 0.717) is 10.8 Å². The number of phenols is 1. The van der Waals surface area contributed by atoms with Gasteiger partial charge < -0.3 is 14.9 Å². The van der Waals surface area contributed by atoms with Crippen molar-refractivity contribution in [3.8, 4) is 5.75 Å². The van der Waals surface area contributed by atoms with E-state index < -0.39 is 0 Å². The molecule has 1 N–H and O–H groups in total. The van der Waals surface area contributed by atoms with Gasteiger partial charge in [-0.2, -0.15) is 0 Å². The highest BCUT2D eigenvalue weighted by atomic mass is 35.5. The molecule has 19 heavy (non-hydrogen) atoms. The van der Waals surface area contributed by atoms with Crippen molar-refractivity contribution in [2.45, 2.75) is 19.8 Å². The quantitative estimate of drug-likeness (QED) is 0.919. The fourth-order valence-corrected chi connectivity index (χ4v) is 2.86. The number of aryl methyl sites for hydroxylation is 2. The SMILES string of the molecule is Cc1cc(Cl)cc(CCCN2CCN(C)CC2)c1O. The van der Waals surface area contributed by atoms with Crippen LogP contribution in [0.15, 0.2) is 12.1 Å². The summed E-state index contributed by atoms with van der Waals surface area (Å²) in [6.07, 6.45) is 1.95. The van der Waals surface area contributed by atoms with E-state index in [1.54, 1.807) is 6.07 Å². The van der Waals surface area contributed by atoms with Crippen LogP contribution in [0.5, 0.6) is 5.75 Å². The molecular weight excluding hydrogens is 260 g/mol.